The average molecular weight is 525 g/mol. The number of aryl methyl sites for hydroxylation is 1. The van der Waals surface area contributed by atoms with Gasteiger partial charge in [-0.2, -0.15) is 4.31 Å². The topological polar surface area (TPSA) is 102 Å². The smallest absolute Gasteiger partial charge is 0.311 e. The summed E-state index contributed by atoms with van der Waals surface area (Å²) in [4.78, 5) is 24.8. The number of hydrogen-bond donors (Lipinski definition) is 1. The summed E-state index contributed by atoms with van der Waals surface area (Å²) < 4.78 is 38.7. The van der Waals surface area contributed by atoms with E-state index in [1.54, 1.807) is 31.2 Å². The number of ether oxygens (including phenoxy) is 2. The van der Waals surface area contributed by atoms with E-state index in [9.17, 15) is 18.0 Å². The Morgan fingerprint density at radius 1 is 1.16 bits per heavy atom. The van der Waals surface area contributed by atoms with Crippen molar-refractivity contribution >= 4 is 43.5 Å². The molecule has 2 aromatic carbocycles. The van der Waals surface area contributed by atoms with Crippen molar-refractivity contribution in [1.82, 2.24) is 4.31 Å². The second-order valence-corrected chi connectivity index (χ2v) is 10.2. The fourth-order valence-corrected chi connectivity index (χ4v) is 5.11. The number of morpholine rings is 1. The van der Waals surface area contributed by atoms with Gasteiger partial charge in [0.2, 0.25) is 10.0 Å². The normalized spacial score (nSPS) is 15.7. The van der Waals surface area contributed by atoms with E-state index < -0.39 is 28.0 Å². The quantitative estimate of drug-likeness (QED) is 0.558. The molecule has 0 bridgehead atoms. The number of benzene rings is 2. The van der Waals surface area contributed by atoms with Crippen LogP contribution in [0.3, 0.4) is 0 Å². The molecule has 1 aliphatic heterocycles. The van der Waals surface area contributed by atoms with Crippen LogP contribution in [0.4, 0.5) is 5.69 Å². The molecule has 2 aromatic rings. The molecule has 0 saturated carbocycles. The molecule has 0 aromatic heterocycles. The van der Waals surface area contributed by atoms with Crippen molar-refractivity contribution in [3.05, 3.63) is 58.1 Å². The summed E-state index contributed by atoms with van der Waals surface area (Å²) in [6.07, 6.45) is -1.00. The number of nitrogens with zero attached hydrogens (tertiary/aromatic N) is 1. The van der Waals surface area contributed by atoms with Crippen LogP contribution in [0.1, 0.15) is 18.1 Å². The minimum atomic E-state index is -3.71. The van der Waals surface area contributed by atoms with Crippen LogP contribution in [-0.2, 0) is 35.5 Å². The lowest BCUT2D eigenvalue weighted by Gasteiger charge is -2.27. The monoisotopic (exact) mass is 524 g/mol. The molecule has 1 fully saturated rings. The molecule has 1 amide bonds. The lowest BCUT2D eigenvalue weighted by atomic mass is 10.1. The SMILES string of the molecule is Cc1ccc(NC(=O)C(C)OC(=O)Cc2ccc(Br)cc2)cc1S(=O)(=O)N1CCOCC1. The number of nitrogens with one attached hydrogen (secondary N) is 1. The van der Waals surface area contributed by atoms with Gasteiger partial charge in [0.05, 0.1) is 24.5 Å². The van der Waals surface area contributed by atoms with Crippen molar-refractivity contribution in [1.29, 1.82) is 0 Å². The number of carbonyl (C=O) groups excluding carboxylic acids is 2. The van der Waals surface area contributed by atoms with E-state index in [-0.39, 0.29) is 24.4 Å². The van der Waals surface area contributed by atoms with E-state index in [4.69, 9.17) is 9.47 Å². The molecule has 1 unspecified atom stereocenters. The molecule has 1 N–H and O–H groups in total. The van der Waals surface area contributed by atoms with Gasteiger partial charge in [0.15, 0.2) is 6.10 Å². The van der Waals surface area contributed by atoms with E-state index >= 15 is 0 Å². The number of esters is 1. The minimum absolute atomic E-state index is 0.0391. The Balaban J connectivity index is 1.64. The summed E-state index contributed by atoms with van der Waals surface area (Å²) in [5.41, 5.74) is 1.65. The van der Waals surface area contributed by atoms with Crippen molar-refractivity contribution in [3.8, 4) is 0 Å². The zero-order valence-electron chi connectivity index (χ0n) is 17.8. The van der Waals surface area contributed by atoms with E-state index in [1.807, 2.05) is 12.1 Å². The third kappa shape index (κ3) is 6.16. The molecule has 3 rings (SSSR count). The van der Waals surface area contributed by atoms with Crippen LogP contribution in [0, 0.1) is 6.92 Å². The lowest BCUT2D eigenvalue weighted by molar-refractivity contribution is -0.152. The second-order valence-electron chi connectivity index (χ2n) is 7.42. The fourth-order valence-electron chi connectivity index (χ4n) is 3.19. The zero-order valence-corrected chi connectivity index (χ0v) is 20.2. The molecule has 32 heavy (non-hydrogen) atoms. The van der Waals surface area contributed by atoms with Crippen LogP contribution >= 0.6 is 15.9 Å². The Kier molecular flexibility index (Phi) is 8.05. The fraction of sp³-hybridized carbons (Fsp3) is 0.364. The molecule has 1 heterocycles. The van der Waals surface area contributed by atoms with E-state index in [2.05, 4.69) is 21.2 Å². The van der Waals surface area contributed by atoms with Crippen molar-refractivity contribution in [3.63, 3.8) is 0 Å². The number of hydrogen-bond acceptors (Lipinski definition) is 6. The van der Waals surface area contributed by atoms with Gasteiger partial charge in [0.1, 0.15) is 0 Å². The summed E-state index contributed by atoms with van der Waals surface area (Å²) in [6, 6.07) is 11.9. The predicted molar refractivity (Wildman–Crippen MR) is 123 cm³/mol. The number of sulfonamides is 1. The standard InChI is InChI=1S/C22H25BrN2O6S/c1-15-3-8-19(14-20(15)32(28,29)25-9-11-30-12-10-25)24-22(27)16(2)31-21(26)13-17-4-6-18(23)7-5-17/h3-8,14,16H,9-13H2,1-2H3,(H,24,27). The van der Waals surface area contributed by atoms with Crippen molar-refractivity contribution in [2.75, 3.05) is 31.6 Å². The molecule has 172 valence electrons. The number of anilines is 1. The summed E-state index contributed by atoms with van der Waals surface area (Å²) in [7, 11) is -3.71. The predicted octanol–water partition coefficient (Wildman–Crippen LogP) is 2.89. The Morgan fingerprint density at radius 2 is 1.81 bits per heavy atom. The van der Waals surface area contributed by atoms with Gasteiger partial charge in [-0.15, -0.1) is 0 Å². The molecular formula is C22H25BrN2O6S. The molecule has 0 radical (unpaired) electrons. The molecule has 8 nitrogen and oxygen atoms in total. The highest BCUT2D eigenvalue weighted by atomic mass is 79.9. The second kappa shape index (κ2) is 10.6. The van der Waals surface area contributed by atoms with Crippen LogP contribution in [0.5, 0.6) is 0 Å². The minimum Gasteiger partial charge on any atom is -0.452 e. The van der Waals surface area contributed by atoms with Gasteiger partial charge in [-0.1, -0.05) is 34.1 Å². The third-order valence-electron chi connectivity index (χ3n) is 4.98. The average Bonchev–Trinajstić information content (AvgIpc) is 2.77. The van der Waals surface area contributed by atoms with Crippen molar-refractivity contribution in [2.24, 2.45) is 0 Å². The maximum Gasteiger partial charge on any atom is 0.311 e. The van der Waals surface area contributed by atoms with E-state index in [0.717, 1.165) is 10.0 Å². The van der Waals surface area contributed by atoms with Crippen LogP contribution in [0.25, 0.3) is 0 Å². The van der Waals surface area contributed by atoms with Gasteiger partial charge in [0.25, 0.3) is 5.91 Å². The van der Waals surface area contributed by atoms with Gasteiger partial charge < -0.3 is 14.8 Å². The zero-order chi connectivity index (χ0) is 23.3. The first-order valence-electron chi connectivity index (χ1n) is 10.1. The molecule has 10 heteroatoms. The summed E-state index contributed by atoms with van der Waals surface area (Å²) in [5.74, 6) is -1.08. The first-order valence-corrected chi connectivity index (χ1v) is 12.3. The summed E-state index contributed by atoms with van der Waals surface area (Å²) >= 11 is 3.33. The van der Waals surface area contributed by atoms with E-state index in [0.29, 0.717) is 24.5 Å². The van der Waals surface area contributed by atoms with E-state index in [1.165, 1.54) is 17.3 Å². The first kappa shape index (κ1) is 24.4. The molecular weight excluding hydrogens is 500 g/mol. The van der Waals surface area contributed by atoms with Gasteiger partial charge >= 0.3 is 5.97 Å². The molecule has 0 spiro atoms. The van der Waals surface area contributed by atoms with Crippen molar-refractivity contribution in [2.45, 2.75) is 31.3 Å². The Bertz CT molecular complexity index is 1080. The lowest BCUT2D eigenvalue weighted by Crippen LogP contribution is -2.40. The van der Waals surface area contributed by atoms with Crippen LogP contribution in [0.2, 0.25) is 0 Å². The van der Waals surface area contributed by atoms with Gasteiger partial charge in [-0.25, -0.2) is 8.42 Å². The third-order valence-corrected chi connectivity index (χ3v) is 7.55. The Hall–Kier alpha value is -2.27. The van der Waals surface area contributed by atoms with Gasteiger partial charge in [-0.05, 0) is 49.2 Å². The van der Waals surface area contributed by atoms with Crippen LogP contribution in [-0.4, -0.2) is 57.0 Å². The molecule has 0 aliphatic carbocycles. The molecule has 1 atom stereocenters. The molecule has 1 saturated heterocycles. The Morgan fingerprint density at radius 3 is 2.47 bits per heavy atom. The van der Waals surface area contributed by atoms with Crippen LogP contribution in [0.15, 0.2) is 51.8 Å². The summed E-state index contributed by atoms with van der Waals surface area (Å²) in [5, 5.41) is 2.63. The first-order chi connectivity index (χ1) is 15.2. The maximum absolute atomic E-state index is 13.0. The number of amides is 1. The van der Waals surface area contributed by atoms with Gasteiger partial charge in [0, 0.05) is 23.2 Å². The highest BCUT2D eigenvalue weighted by Gasteiger charge is 2.28. The number of rotatable bonds is 7. The van der Waals surface area contributed by atoms with Crippen molar-refractivity contribution < 1.29 is 27.5 Å². The number of carbonyl (C=O) groups is 2. The van der Waals surface area contributed by atoms with Crippen LogP contribution < -0.4 is 5.32 Å². The largest absolute Gasteiger partial charge is 0.452 e. The molecule has 1 aliphatic rings. The highest BCUT2D eigenvalue weighted by Crippen LogP contribution is 2.24. The maximum atomic E-state index is 13.0. The highest BCUT2D eigenvalue weighted by molar-refractivity contribution is 9.10. The van der Waals surface area contributed by atoms with Gasteiger partial charge in [-0.3, -0.25) is 9.59 Å². The Labute approximate surface area is 196 Å². The summed E-state index contributed by atoms with van der Waals surface area (Å²) in [6.45, 7) is 4.42. The number of halogens is 1.